The van der Waals surface area contributed by atoms with Gasteiger partial charge in [-0.2, -0.15) is 5.26 Å². The fourth-order valence-corrected chi connectivity index (χ4v) is 8.42. The average molecular weight is 784 g/mol. The van der Waals surface area contributed by atoms with Crippen molar-refractivity contribution in [2.45, 2.75) is 137 Å². The second-order valence-corrected chi connectivity index (χ2v) is 16.3. The van der Waals surface area contributed by atoms with Gasteiger partial charge >= 0.3 is 0 Å². The van der Waals surface area contributed by atoms with Crippen molar-refractivity contribution in [2.24, 2.45) is 0 Å². The van der Waals surface area contributed by atoms with Crippen LogP contribution in [0.25, 0.3) is 0 Å². The summed E-state index contributed by atoms with van der Waals surface area (Å²) in [6.07, 6.45) is 15.5. The Morgan fingerprint density at radius 1 is 0.483 bits per heavy atom. The molecule has 5 nitrogen and oxygen atoms in total. The molecule has 0 amide bonds. The first kappa shape index (κ1) is 46.3. The molecular formula is C53H77N5. The van der Waals surface area contributed by atoms with Crippen LogP contribution in [0.15, 0.2) is 91.0 Å². The van der Waals surface area contributed by atoms with Crippen molar-refractivity contribution < 1.29 is 0 Å². The molecule has 0 aliphatic rings. The van der Waals surface area contributed by atoms with E-state index in [0.717, 1.165) is 51.4 Å². The number of anilines is 4. The van der Waals surface area contributed by atoms with Gasteiger partial charge in [-0.1, -0.05) is 129 Å². The van der Waals surface area contributed by atoms with E-state index >= 15 is 0 Å². The van der Waals surface area contributed by atoms with E-state index in [9.17, 15) is 5.26 Å². The molecule has 0 aliphatic heterocycles. The zero-order chi connectivity index (χ0) is 41.6. The lowest BCUT2D eigenvalue weighted by Crippen LogP contribution is -2.33. The Balaban J connectivity index is 2.03. The molecule has 5 heteroatoms. The van der Waals surface area contributed by atoms with Crippen molar-refractivity contribution in [3.05, 3.63) is 119 Å². The normalized spacial score (nSPS) is 11.3. The van der Waals surface area contributed by atoms with Crippen LogP contribution in [0.5, 0.6) is 0 Å². The van der Waals surface area contributed by atoms with E-state index in [1.165, 1.54) is 122 Å². The molecule has 0 atom stereocenters. The highest BCUT2D eigenvalue weighted by atomic mass is 15.1. The minimum Gasteiger partial charge on any atom is -0.388 e. The first-order chi connectivity index (χ1) is 28.4. The summed E-state index contributed by atoms with van der Waals surface area (Å²) in [4.78, 5) is 7.77. The third-order valence-corrected chi connectivity index (χ3v) is 12.0. The van der Waals surface area contributed by atoms with Crippen molar-refractivity contribution in [2.75, 3.05) is 66.3 Å². The van der Waals surface area contributed by atoms with Gasteiger partial charge in [0.05, 0.1) is 11.5 Å². The smallest absolute Gasteiger partial charge is 0.0721 e. The molecule has 0 unspecified atom stereocenters. The van der Waals surface area contributed by atoms with Crippen LogP contribution in [0.3, 0.4) is 0 Å². The quantitative estimate of drug-likeness (QED) is 0.0581. The van der Waals surface area contributed by atoms with Crippen LogP contribution in [-0.2, 0) is 11.8 Å². The van der Waals surface area contributed by atoms with Crippen LogP contribution in [0, 0.1) is 11.3 Å². The first-order valence-electron chi connectivity index (χ1n) is 23.2. The van der Waals surface area contributed by atoms with Crippen LogP contribution < -0.4 is 20.0 Å². The average Bonchev–Trinajstić information content (AvgIpc) is 3.27. The Morgan fingerprint density at radius 2 is 0.810 bits per heavy atom. The van der Waals surface area contributed by atoms with Gasteiger partial charge < -0.3 is 20.0 Å². The lowest BCUT2D eigenvalue weighted by molar-refractivity contribution is 0.675. The Bertz CT molecular complexity index is 1580. The number of aryl methyl sites for hydroxylation is 1. The van der Waals surface area contributed by atoms with Gasteiger partial charge in [0.1, 0.15) is 0 Å². The van der Waals surface area contributed by atoms with Gasteiger partial charge in [-0.05, 0) is 115 Å². The molecular weight excluding hydrogens is 707 g/mol. The topological polar surface area (TPSA) is 45.5 Å². The van der Waals surface area contributed by atoms with Crippen molar-refractivity contribution in [1.82, 2.24) is 0 Å². The van der Waals surface area contributed by atoms with Gasteiger partial charge in [0, 0.05) is 75.5 Å². The standard InChI is InChI=1S/C53H77N5/c1-8-14-37-56(38-15-9-2)48-29-23-45(24-30-48)53(51-35-22-44(21-20-36-54)43-52(51)55-7,46-25-31-49(32-26-46)57(39-16-10-3)40-17-11-4)47-27-33-50(34-28-47)58(41-18-12-5)42-19-13-6/h22-35,43,55H,8-21,37-42H2,1-7H3. The van der Waals surface area contributed by atoms with Crippen molar-refractivity contribution in [3.63, 3.8) is 0 Å². The molecule has 0 heterocycles. The third kappa shape index (κ3) is 12.1. The molecule has 0 bridgehead atoms. The Morgan fingerprint density at radius 3 is 1.09 bits per heavy atom. The molecule has 314 valence electrons. The predicted octanol–water partition coefficient (Wildman–Crippen LogP) is 13.8. The molecule has 58 heavy (non-hydrogen) atoms. The van der Waals surface area contributed by atoms with E-state index in [-0.39, 0.29) is 0 Å². The third-order valence-electron chi connectivity index (χ3n) is 12.0. The SMILES string of the molecule is CCCCN(CCCC)c1ccc(C(c2ccc(N(CCCC)CCCC)cc2)(c2ccc(N(CCCC)CCCC)cc2)c2ccc(CCC#N)cc2NC)cc1. The fraction of sp³-hybridized carbons (Fsp3) is 0.528. The summed E-state index contributed by atoms with van der Waals surface area (Å²) in [5.74, 6) is 0. The Kier molecular flexibility index (Phi) is 20.1. The molecule has 0 radical (unpaired) electrons. The van der Waals surface area contributed by atoms with E-state index in [4.69, 9.17) is 0 Å². The monoisotopic (exact) mass is 784 g/mol. The second kappa shape index (κ2) is 25.1. The van der Waals surface area contributed by atoms with E-state index in [1.54, 1.807) is 0 Å². The van der Waals surface area contributed by atoms with Crippen molar-refractivity contribution in [1.29, 1.82) is 5.26 Å². The minimum absolute atomic E-state index is 0.504. The lowest BCUT2D eigenvalue weighted by atomic mass is 9.64. The predicted molar refractivity (Wildman–Crippen MR) is 254 cm³/mol. The van der Waals surface area contributed by atoms with Crippen molar-refractivity contribution in [3.8, 4) is 6.07 Å². The zero-order valence-electron chi connectivity index (χ0n) is 37.6. The number of hydrogen-bond donors (Lipinski definition) is 1. The minimum atomic E-state index is -0.616. The summed E-state index contributed by atoms with van der Waals surface area (Å²) in [6, 6.07) is 38.0. The van der Waals surface area contributed by atoms with Crippen LogP contribution >= 0.6 is 0 Å². The molecule has 4 aromatic carbocycles. The number of nitrogens with one attached hydrogen (secondary N) is 1. The number of nitriles is 1. The molecule has 0 spiro atoms. The van der Waals surface area contributed by atoms with E-state index < -0.39 is 5.41 Å². The number of rotatable bonds is 28. The molecule has 0 aromatic heterocycles. The molecule has 1 N–H and O–H groups in total. The molecule has 0 aliphatic carbocycles. The van der Waals surface area contributed by atoms with Gasteiger partial charge in [-0.25, -0.2) is 0 Å². The van der Waals surface area contributed by atoms with Gasteiger partial charge in [0.25, 0.3) is 0 Å². The van der Waals surface area contributed by atoms with Crippen LogP contribution in [0.2, 0.25) is 0 Å². The highest BCUT2D eigenvalue weighted by Crippen LogP contribution is 2.49. The maximum atomic E-state index is 9.48. The summed E-state index contributed by atoms with van der Waals surface area (Å²) in [5, 5.41) is 13.1. The summed E-state index contributed by atoms with van der Waals surface area (Å²) in [6.45, 7) is 20.2. The largest absolute Gasteiger partial charge is 0.388 e. The highest BCUT2D eigenvalue weighted by Gasteiger charge is 2.40. The zero-order valence-corrected chi connectivity index (χ0v) is 37.6. The first-order valence-corrected chi connectivity index (χ1v) is 23.2. The summed E-state index contributed by atoms with van der Waals surface area (Å²) in [5.41, 5.74) is 10.6. The second-order valence-electron chi connectivity index (χ2n) is 16.3. The van der Waals surface area contributed by atoms with Crippen molar-refractivity contribution >= 4 is 22.7 Å². The molecule has 0 fully saturated rings. The lowest BCUT2D eigenvalue weighted by Gasteiger charge is -2.39. The van der Waals surface area contributed by atoms with Crippen LogP contribution in [0.1, 0.15) is 153 Å². The summed E-state index contributed by atoms with van der Waals surface area (Å²) >= 11 is 0. The van der Waals surface area contributed by atoms with E-state index in [2.05, 4.69) is 159 Å². The number of unbranched alkanes of at least 4 members (excludes halogenated alkanes) is 6. The maximum absolute atomic E-state index is 9.48. The summed E-state index contributed by atoms with van der Waals surface area (Å²) < 4.78 is 0. The Labute approximate surface area is 354 Å². The number of hydrogen-bond acceptors (Lipinski definition) is 5. The number of nitrogens with zero attached hydrogens (tertiary/aromatic N) is 4. The van der Waals surface area contributed by atoms with Gasteiger partial charge in [-0.3, -0.25) is 0 Å². The number of benzene rings is 4. The highest BCUT2D eigenvalue weighted by molar-refractivity contribution is 5.71. The molecule has 0 saturated carbocycles. The van der Waals surface area contributed by atoms with Crippen LogP contribution in [0.4, 0.5) is 22.7 Å². The summed E-state index contributed by atoms with van der Waals surface area (Å²) in [7, 11) is 2.05. The molecule has 4 aromatic rings. The maximum Gasteiger partial charge on any atom is 0.0721 e. The Hall–Kier alpha value is -4.43. The van der Waals surface area contributed by atoms with Gasteiger partial charge in [0.2, 0.25) is 0 Å². The van der Waals surface area contributed by atoms with Gasteiger partial charge in [-0.15, -0.1) is 0 Å². The molecule has 0 saturated heterocycles. The van der Waals surface area contributed by atoms with Crippen LogP contribution in [-0.4, -0.2) is 46.3 Å². The van der Waals surface area contributed by atoms with E-state index in [1.807, 2.05) is 7.05 Å². The van der Waals surface area contributed by atoms with Gasteiger partial charge in [0.15, 0.2) is 0 Å². The molecule has 4 rings (SSSR count). The van der Waals surface area contributed by atoms with E-state index in [0.29, 0.717) is 6.42 Å². The fourth-order valence-electron chi connectivity index (χ4n) is 8.42.